The molecular weight excluding hydrogens is 262 g/mol. The highest BCUT2D eigenvalue weighted by Gasteiger charge is 2.23. The largest absolute Gasteiger partial charge is 0.368 e. The summed E-state index contributed by atoms with van der Waals surface area (Å²) in [7, 11) is -3.42. The van der Waals surface area contributed by atoms with Gasteiger partial charge < -0.3 is 10.2 Å². The van der Waals surface area contributed by atoms with Crippen molar-refractivity contribution in [3.63, 3.8) is 0 Å². The molecule has 5 nitrogen and oxygen atoms in total. The van der Waals surface area contributed by atoms with E-state index in [4.69, 9.17) is 0 Å². The molecule has 0 amide bonds. The second-order valence-corrected chi connectivity index (χ2v) is 6.51. The molecule has 1 atom stereocenters. The molecule has 1 aromatic rings. The van der Waals surface area contributed by atoms with Crippen molar-refractivity contribution in [2.24, 2.45) is 0 Å². The van der Waals surface area contributed by atoms with Gasteiger partial charge >= 0.3 is 0 Å². The average Bonchev–Trinajstić information content (AvgIpc) is 2.39. The molecule has 1 saturated heterocycles. The Morgan fingerprint density at radius 1 is 1.42 bits per heavy atom. The number of sulfonamides is 1. The first-order valence-electron chi connectivity index (χ1n) is 6.61. The molecule has 0 aromatic heterocycles. The predicted octanol–water partition coefficient (Wildman–Crippen LogP) is 0.783. The van der Waals surface area contributed by atoms with Gasteiger partial charge in [0.25, 0.3) is 0 Å². The third-order valence-corrected chi connectivity index (χ3v) is 4.79. The minimum Gasteiger partial charge on any atom is -0.368 e. The smallest absolute Gasteiger partial charge is 0.242 e. The van der Waals surface area contributed by atoms with E-state index in [9.17, 15) is 8.42 Å². The molecular formula is C13H21N3O2S. The number of para-hydroxylation sites is 1. The standard InChI is InChI=1S/C13H21N3O2S/c1-3-15-19(17,18)13-7-5-4-6-12(13)16-9-8-14-11(2)10-16/h4-7,11,14-15H,3,8-10H2,1-2H3/t11-/m1/s1. The van der Waals surface area contributed by atoms with Gasteiger partial charge in [-0.1, -0.05) is 19.1 Å². The van der Waals surface area contributed by atoms with E-state index < -0.39 is 10.0 Å². The topological polar surface area (TPSA) is 61.4 Å². The van der Waals surface area contributed by atoms with Crippen molar-refractivity contribution in [3.8, 4) is 0 Å². The minimum absolute atomic E-state index is 0.364. The predicted molar refractivity (Wildman–Crippen MR) is 77.0 cm³/mol. The summed E-state index contributed by atoms with van der Waals surface area (Å²) in [6.45, 7) is 6.80. The zero-order valence-corrected chi connectivity index (χ0v) is 12.2. The molecule has 0 radical (unpaired) electrons. The summed E-state index contributed by atoms with van der Waals surface area (Å²) in [6, 6.07) is 7.55. The molecule has 0 unspecified atom stereocenters. The van der Waals surface area contributed by atoms with Crippen LogP contribution in [0.3, 0.4) is 0 Å². The summed E-state index contributed by atoms with van der Waals surface area (Å²) in [4.78, 5) is 2.50. The Bertz CT molecular complexity index is 530. The molecule has 0 spiro atoms. The SMILES string of the molecule is CCNS(=O)(=O)c1ccccc1N1CCN[C@H](C)C1. The van der Waals surface area contributed by atoms with Crippen molar-refractivity contribution >= 4 is 15.7 Å². The number of nitrogens with one attached hydrogen (secondary N) is 2. The second-order valence-electron chi connectivity index (χ2n) is 4.77. The lowest BCUT2D eigenvalue weighted by Gasteiger charge is -2.34. The lowest BCUT2D eigenvalue weighted by molar-refractivity contribution is 0.482. The summed E-state index contributed by atoms with van der Waals surface area (Å²) in [5.41, 5.74) is 0.789. The zero-order chi connectivity index (χ0) is 13.9. The fourth-order valence-corrected chi connectivity index (χ4v) is 3.63. The number of nitrogens with zero attached hydrogens (tertiary/aromatic N) is 1. The van der Waals surface area contributed by atoms with Gasteiger partial charge in [0.15, 0.2) is 0 Å². The first-order chi connectivity index (χ1) is 9.04. The van der Waals surface area contributed by atoms with Gasteiger partial charge in [0.05, 0.1) is 5.69 Å². The molecule has 1 aliphatic rings. The second kappa shape index (κ2) is 5.90. The highest BCUT2D eigenvalue weighted by Crippen LogP contribution is 2.25. The van der Waals surface area contributed by atoms with Crippen LogP contribution in [0.25, 0.3) is 0 Å². The van der Waals surface area contributed by atoms with Crippen LogP contribution in [0.2, 0.25) is 0 Å². The Balaban J connectivity index is 2.36. The molecule has 19 heavy (non-hydrogen) atoms. The van der Waals surface area contributed by atoms with Crippen LogP contribution >= 0.6 is 0 Å². The van der Waals surface area contributed by atoms with Crippen LogP contribution in [0.5, 0.6) is 0 Å². The maximum Gasteiger partial charge on any atom is 0.242 e. The van der Waals surface area contributed by atoms with Crippen molar-refractivity contribution in [2.45, 2.75) is 24.8 Å². The maximum atomic E-state index is 12.2. The number of hydrogen-bond acceptors (Lipinski definition) is 4. The van der Waals surface area contributed by atoms with Crippen molar-refractivity contribution in [2.75, 3.05) is 31.1 Å². The fourth-order valence-electron chi connectivity index (χ4n) is 2.36. The van der Waals surface area contributed by atoms with Gasteiger partial charge in [-0.05, 0) is 19.1 Å². The van der Waals surface area contributed by atoms with Crippen molar-refractivity contribution in [1.29, 1.82) is 0 Å². The van der Waals surface area contributed by atoms with Crippen molar-refractivity contribution in [3.05, 3.63) is 24.3 Å². The molecule has 2 N–H and O–H groups in total. The lowest BCUT2D eigenvalue weighted by Crippen LogP contribution is -2.49. The van der Waals surface area contributed by atoms with Crippen LogP contribution in [-0.2, 0) is 10.0 Å². The van der Waals surface area contributed by atoms with Crippen LogP contribution in [0.15, 0.2) is 29.2 Å². The minimum atomic E-state index is -3.42. The summed E-state index contributed by atoms with van der Waals surface area (Å²) in [5.74, 6) is 0. The van der Waals surface area contributed by atoms with E-state index in [-0.39, 0.29) is 0 Å². The monoisotopic (exact) mass is 283 g/mol. The first kappa shape index (κ1) is 14.3. The van der Waals surface area contributed by atoms with Gasteiger partial charge in [0.2, 0.25) is 10.0 Å². The molecule has 6 heteroatoms. The number of piperazine rings is 1. The van der Waals surface area contributed by atoms with Gasteiger partial charge in [0, 0.05) is 32.2 Å². The van der Waals surface area contributed by atoms with Crippen molar-refractivity contribution < 1.29 is 8.42 Å². The average molecular weight is 283 g/mol. The molecule has 1 fully saturated rings. The van der Waals surface area contributed by atoms with Crippen LogP contribution in [0.4, 0.5) is 5.69 Å². The summed E-state index contributed by atoms with van der Waals surface area (Å²) < 4.78 is 27.0. The van der Waals surface area contributed by atoms with Crippen LogP contribution < -0.4 is 14.9 Å². The molecule has 0 bridgehead atoms. The van der Waals surface area contributed by atoms with Crippen LogP contribution in [0, 0.1) is 0 Å². The highest BCUT2D eigenvalue weighted by molar-refractivity contribution is 7.89. The Labute approximate surface area is 115 Å². The Kier molecular flexibility index (Phi) is 4.44. The van der Waals surface area contributed by atoms with Crippen LogP contribution in [-0.4, -0.2) is 40.6 Å². The van der Waals surface area contributed by atoms with E-state index in [1.807, 2.05) is 12.1 Å². The lowest BCUT2D eigenvalue weighted by atomic mass is 10.2. The van der Waals surface area contributed by atoms with E-state index in [2.05, 4.69) is 21.9 Å². The van der Waals surface area contributed by atoms with E-state index in [0.29, 0.717) is 17.5 Å². The van der Waals surface area contributed by atoms with Gasteiger partial charge in [-0.15, -0.1) is 0 Å². The Morgan fingerprint density at radius 2 is 2.16 bits per heavy atom. The molecule has 1 aromatic carbocycles. The van der Waals surface area contributed by atoms with Crippen LogP contribution in [0.1, 0.15) is 13.8 Å². The summed E-state index contributed by atoms with van der Waals surface area (Å²) in [5, 5.41) is 3.36. The van der Waals surface area contributed by atoms with Gasteiger partial charge in [-0.3, -0.25) is 0 Å². The van der Waals surface area contributed by atoms with Gasteiger partial charge in [-0.25, -0.2) is 13.1 Å². The molecule has 1 aliphatic heterocycles. The van der Waals surface area contributed by atoms with E-state index in [1.54, 1.807) is 19.1 Å². The van der Waals surface area contributed by atoms with Gasteiger partial charge in [-0.2, -0.15) is 0 Å². The maximum absolute atomic E-state index is 12.2. The molecule has 0 saturated carbocycles. The number of hydrogen-bond donors (Lipinski definition) is 2. The fraction of sp³-hybridized carbons (Fsp3) is 0.538. The van der Waals surface area contributed by atoms with E-state index in [0.717, 1.165) is 25.3 Å². The quantitative estimate of drug-likeness (QED) is 0.857. The first-order valence-corrected chi connectivity index (χ1v) is 8.10. The highest BCUT2D eigenvalue weighted by atomic mass is 32.2. The Morgan fingerprint density at radius 3 is 2.84 bits per heavy atom. The van der Waals surface area contributed by atoms with Gasteiger partial charge in [0.1, 0.15) is 4.90 Å². The molecule has 0 aliphatic carbocycles. The number of anilines is 1. The number of rotatable bonds is 4. The molecule has 2 rings (SSSR count). The normalized spacial score (nSPS) is 20.5. The molecule has 1 heterocycles. The summed E-state index contributed by atoms with van der Waals surface area (Å²) >= 11 is 0. The zero-order valence-electron chi connectivity index (χ0n) is 11.4. The third kappa shape index (κ3) is 3.26. The number of benzene rings is 1. The van der Waals surface area contributed by atoms with E-state index >= 15 is 0 Å². The third-order valence-electron chi connectivity index (χ3n) is 3.20. The molecule has 106 valence electrons. The summed E-state index contributed by atoms with van der Waals surface area (Å²) in [6.07, 6.45) is 0. The Hall–Kier alpha value is -1.11. The van der Waals surface area contributed by atoms with E-state index in [1.165, 1.54) is 0 Å². The van der Waals surface area contributed by atoms with Crippen molar-refractivity contribution in [1.82, 2.24) is 10.0 Å².